The minimum atomic E-state index is -2.84. The third-order valence-corrected chi connectivity index (χ3v) is 4.82. The third-order valence-electron chi connectivity index (χ3n) is 4.82. The third kappa shape index (κ3) is 3.49. The molecule has 0 bridgehead atoms. The van der Waals surface area contributed by atoms with Gasteiger partial charge in [0.1, 0.15) is 0 Å². The van der Waals surface area contributed by atoms with E-state index in [4.69, 9.17) is 0 Å². The first-order valence-corrected chi connectivity index (χ1v) is 8.48. The molecule has 134 valence electrons. The molecule has 2 heterocycles. The van der Waals surface area contributed by atoms with Gasteiger partial charge in [0, 0.05) is 31.0 Å². The highest BCUT2D eigenvalue weighted by molar-refractivity contribution is 5.88. The topological polar surface area (TPSA) is 54.0 Å². The first-order valence-electron chi connectivity index (χ1n) is 8.48. The number of carbonyl (C=O) groups is 1. The smallest absolute Gasteiger partial charge is 0.264 e. The van der Waals surface area contributed by atoms with Crippen molar-refractivity contribution in [2.45, 2.75) is 51.1 Å². The van der Waals surface area contributed by atoms with Gasteiger partial charge in [-0.3, -0.25) is 9.78 Å². The summed E-state index contributed by atoms with van der Waals surface area (Å²) in [6, 6.07) is 6.77. The van der Waals surface area contributed by atoms with Gasteiger partial charge in [-0.15, -0.1) is 0 Å². The number of halogens is 2. The fraction of sp³-hybridized carbons (Fsp3) is 0.474. The number of rotatable bonds is 4. The second kappa shape index (κ2) is 6.33. The van der Waals surface area contributed by atoms with E-state index in [2.05, 4.69) is 15.6 Å². The van der Waals surface area contributed by atoms with E-state index >= 15 is 0 Å². The standard InChI is InChI=1S/C19H23F2N3O/c1-12-5-4-6-14-13(12)7-9-23-17(14)18(2,3)24-16(25)11-15-19(20,21)8-10-22-15/h4-7,9,15,22H,8,10-11H2,1-3H3,(H,24,25). The van der Waals surface area contributed by atoms with Crippen LogP contribution in [0, 0.1) is 6.92 Å². The number of carbonyl (C=O) groups excluding carboxylic acids is 1. The van der Waals surface area contributed by atoms with E-state index in [-0.39, 0.29) is 19.4 Å². The molecule has 0 saturated carbocycles. The molecule has 2 aromatic rings. The van der Waals surface area contributed by atoms with E-state index in [1.165, 1.54) is 0 Å². The van der Waals surface area contributed by atoms with Crippen LogP contribution in [0.1, 0.15) is 37.9 Å². The van der Waals surface area contributed by atoms with Gasteiger partial charge < -0.3 is 10.6 Å². The number of fused-ring (bicyclic) bond motifs is 1. The molecular weight excluding hydrogens is 324 g/mol. The maximum absolute atomic E-state index is 13.7. The number of amides is 1. The Bertz CT molecular complexity index is 804. The number of hydrogen-bond donors (Lipinski definition) is 2. The molecule has 0 aliphatic carbocycles. The zero-order valence-corrected chi connectivity index (χ0v) is 14.7. The molecule has 1 saturated heterocycles. The molecule has 1 aliphatic heterocycles. The number of nitrogens with zero attached hydrogens (tertiary/aromatic N) is 1. The van der Waals surface area contributed by atoms with Gasteiger partial charge in [0.05, 0.1) is 17.3 Å². The van der Waals surface area contributed by atoms with Crippen LogP contribution in [-0.4, -0.2) is 29.4 Å². The van der Waals surface area contributed by atoms with E-state index in [9.17, 15) is 13.6 Å². The van der Waals surface area contributed by atoms with Gasteiger partial charge in [-0.05, 0) is 37.8 Å². The number of hydrogen-bond acceptors (Lipinski definition) is 3. The average molecular weight is 347 g/mol. The van der Waals surface area contributed by atoms with Crippen LogP contribution in [0.5, 0.6) is 0 Å². The van der Waals surface area contributed by atoms with Gasteiger partial charge >= 0.3 is 0 Å². The van der Waals surface area contributed by atoms with Crippen molar-refractivity contribution in [2.24, 2.45) is 0 Å². The number of pyridine rings is 1. The zero-order chi connectivity index (χ0) is 18.2. The zero-order valence-electron chi connectivity index (χ0n) is 14.7. The second-order valence-corrected chi connectivity index (χ2v) is 7.22. The largest absolute Gasteiger partial charge is 0.346 e. The summed E-state index contributed by atoms with van der Waals surface area (Å²) in [4.78, 5) is 16.8. The maximum Gasteiger partial charge on any atom is 0.264 e. The van der Waals surface area contributed by atoms with E-state index in [1.807, 2.05) is 45.0 Å². The predicted octanol–water partition coefficient (Wildman–Crippen LogP) is 3.28. The van der Waals surface area contributed by atoms with E-state index in [0.29, 0.717) is 0 Å². The highest BCUT2D eigenvalue weighted by atomic mass is 19.3. The molecule has 1 atom stereocenters. The number of benzene rings is 1. The highest BCUT2D eigenvalue weighted by Crippen LogP contribution is 2.31. The Morgan fingerprint density at radius 1 is 1.36 bits per heavy atom. The summed E-state index contributed by atoms with van der Waals surface area (Å²) < 4.78 is 27.4. The van der Waals surface area contributed by atoms with Gasteiger partial charge in [-0.25, -0.2) is 8.78 Å². The highest BCUT2D eigenvalue weighted by Gasteiger charge is 2.45. The van der Waals surface area contributed by atoms with Crippen LogP contribution in [-0.2, 0) is 10.3 Å². The molecule has 0 radical (unpaired) electrons. The summed E-state index contributed by atoms with van der Waals surface area (Å²) in [5.74, 6) is -3.24. The fourth-order valence-corrected chi connectivity index (χ4v) is 3.46. The number of alkyl halides is 2. The van der Waals surface area contributed by atoms with Gasteiger partial charge in [0.2, 0.25) is 5.91 Å². The van der Waals surface area contributed by atoms with Crippen molar-refractivity contribution >= 4 is 16.7 Å². The van der Waals surface area contributed by atoms with Crippen LogP contribution in [0.2, 0.25) is 0 Å². The Hall–Kier alpha value is -2.08. The molecule has 0 spiro atoms. The van der Waals surface area contributed by atoms with Crippen LogP contribution >= 0.6 is 0 Å². The minimum Gasteiger partial charge on any atom is -0.346 e. The summed E-state index contributed by atoms with van der Waals surface area (Å²) in [5.41, 5.74) is 1.09. The molecule has 1 amide bonds. The summed E-state index contributed by atoms with van der Waals surface area (Å²) in [6.45, 7) is 5.94. The Morgan fingerprint density at radius 2 is 2.12 bits per heavy atom. The number of aromatic nitrogens is 1. The Labute approximate surface area is 146 Å². The quantitative estimate of drug-likeness (QED) is 0.892. The number of nitrogens with one attached hydrogen (secondary N) is 2. The van der Waals surface area contributed by atoms with E-state index in [1.54, 1.807) is 6.20 Å². The summed E-state index contributed by atoms with van der Waals surface area (Å²) in [6.07, 6.45) is 1.24. The van der Waals surface area contributed by atoms with Gasteiger partial charge in [-0.2, -0.15) is 0 Å². The Morgan fingerprint density at radius 3 is 2.80 bits per heavy atom. The number of aryl methyl sites for hydroxylation is 1. The minimum absolute atomic E-state index is 0.224. The SMILES string of the molecule is Cc1cccc2c(C(C)(C)NC(=O)CC3NCCC3(F)F)nccc12. The van der Waals surface area contributed by atoms with Crippen molar-refractivity contribution in [3.63, 3.8) is 0 Å². The first kappa shape index (κ1) is 17.7. The predicted molar refractivity (Wildman–Crippen MR) is 93.6 cm³/mol. The van der Waals surface area contributed by atoms with Crippen LogP contribution in [0.3, 0.4) is 0 Å². The summed E-state index contributed by atoms with van der Waals surface area (Å²) >= 11 is 0. The average Bonchev–Trinajstić information content (AvgIpc) is 2.85. The van der Waals surface area contributed by atoms with Crippen LogP contribution in [0.25, 0.3) is 10.8 Å². The van der Waals surface area contributed by atoms with Gasteiger partial charge in [-0.1, -0.05) is 18.2 Å². The Balaban J connectivity index is 1.82. The molecular formula is C19H23F2N3O. The fourth-order valence-electron chi connectivity index (χ4n) is 3.46. The van der Waals surface area contributed by atoms with Crippen molar-refractivity contribution in [1.29, 1.82) is 0 Å². The van der Waals surface area contributed by atoms with Crippen molar-refractivity contribution in [1.82, 2.24) is 15.6 Å². The lowest BCUT2D eigenvalue weighted by Gasteiger charge is -2.28. The summed E-state index contributed by atoms with van der Waals surface area (Å²) in [5, 5.41) is 7.61. The molecule has 1 aliphatic rings. The van der Waals surface area contributed by atoms with Crippen molar-refractivity contribution in [3.05, 3.63) is 41.7 Å². The van der Waals surface area contributed by atoms with E-state index in [0.717, 1.165) is 22.0 Å². The second-order valence-electron chi connectivity index (χ2n) is 7.22. The van der Waals surface area contributed by atoms with Crippen molar-refractivity contribution in [2.75, 3.05) is 6.54 Å². The molecule has 1 fully saturated rings. The van der Waals surface area contributed by atoms with Crippen molar-refractivity contribution in [3.8, 4) is 0 Å². The molecule has 6 heteroatoms. The normalized spacial score (nSPS) is 20.0. The van der Waals surface area contributed by atoms with E-state index < -0.39 is 23.4 Å². The lowest BCUT2D eigenvalue weighted by molar-refractivity contribution is -0.125. The lowest BCUT2D eigenvalue weighted by atomic mass is 9.93. The monoisotopic (exact) mass is 347 g/mol. The van der Waals surface area contributed by atoms with Gasteiger partial charge in [0.15, 0.2) is 0 Å². The Kier molecular flexibility index (Phi) is 4.49. The molecule has 1 aromatic carbocycles. The lowest BCUT2D eigenvalue weighted by Crippen LogP contribution is -2.46. The molecule has 1 aromatic heterocycles. The van der Waals surface area contributed by atoms with Crippen LogP contribution < -0.4 is 10.6 Å². The van der Waals surface area contributed by atoms with Gasteiger partial charge in [0.25, 0.3) is 5.92 Å². The molecule has 1 unspecified atom stereocenters. The molecule has 3 rings (SSSR count). The maximum atomic E-state index is 13.7. The van der Waals surface area contributed by atoms with Crippen LogP contribution in [0.15, 0.2) is 30.5 Å². The molecule has 2 N–H and O–H groups in total. The molecule has 4 nitrogen and oxygen atoms in total. The summed E-state index contributed by atoms with van der Waals surface area (Å²) in [7, 11) is 0. The molecule has 25 heavy (non-hydrogen) atoms. The van der Waals surface area contributed by atoms with Crippen molar-refractivity contribution < 1.29 is 13.6 Å². The van der Waals surface area contributed by atoms with Crippen LogP contribution in [0.4, 0.5) is 8.78 Å². The first-order chi connectivity index (χ1) is 11.7.